The first kappa shape index (κ1) is 27.4. The molecule has 194 valence electrons. The summed E-state index contributed by atoms with van der Waals surface area (Å²) in [6, 6.07) is 14.8. The minimum Gasteiger partial charge on any atom is -0.504 e. The number of phenolic OH excluding ortho intramolecular Hbond substituents is 2. The molecular weight excluding hydrogens is 492 g/mol. The number of ketones is 2. The number of phenols is 2. The maximum absolute atomic E-state index is 12.7. The predicted octanol–water partition coefficient (Wildman–Crippen LogP) is 4.51. The molecule has 3 aromatic carbocycles. The van der Waals surface area contributed by atoms with Crippen molar-refractivity contribution in [1.82, 2.24) is 0 Å². The lowest BCUT2D eigenvalue weighted by Crippen LogP contribution is -2.13. The smallest absolute Gasteiger partial charge is 0.347 e. The summed E-state index contributed by atoms with van der Waals surface area (Å²) in [4.78, 5) is 48.3. The maximum atomic E-state index is 12.7. The fraction of sp³-hybridized carbons (Fsp3) is 0.103. The zero-order valence-electron chi connectivity index (χ0n) is 20.5. The molecule has 0 saturated carbocycles. The van der Waals surface area contributed by atoms with Gasteiger partial charge in [-0.3, -0.25) is 14.4 Å². The summed E-state index contributed by atoms with van der Waals surface area (Å²) in [7, 11) is 1.39. The van der Waals surface area contributed by atoms with Crippen LogP contribution in [0.1, 0.15) is 34.8 Å². The molecule has 9 nitrogen and oxygen atoms in total. The number of hydrogen-bond donors (Lipinski definition) is 2. The molecule has 9 heteroatoms. The molecule has 0 amide bonds. The Balaban J connectivity index is 1.64. The van der Waals surface area contributed by atoms with Crippen LogP contribution in [0, 0.1) is 0 Å². The van der Waals surface area contributed by atoms with Gasteiger partial charge in [0.15, 0.2) is 34.6 Å². The van der Waals surface area contributed by atoms with Crippen molar-refractivity contribution in [3.8, 4) is 28.7 Å². The third-order valence-electron chi connectivity index (χ3n) is 5.02. The summed E-state index contributed by atoms with van der Waals surface area (Å²) in [6.07, 6.45) is 5.00. The molecule has 2 N–H and O–H groups in total. The quantitative estimate of drug-likeness (QED) is 0.131. The van der Waals surface area contributed by atoms with Crippen LogP contribution in [0.3, 0.4) is 0 Å². The SMILES string of the molecule is COc1cc(/C=C/C(=O)CC(=O)/C=C/c2ccc(O)c(O)c2)ccc1OC(=O)c1ccccc1OC(C)=O. The number of benzene rings is 3. The van der Waals surface area contributed by atoms with Crippen molar-refractivity contribution in [2.75, 3.05) is 7.11 Å². The van der Waals surface area contributed by atoms with Crippen LogP contribution >= 0.6 is 0 Å². The average molecular weight is 517 g/mol. The van der Waals surface area contributed by atoms with E-state index >= 15 is 0 Å². The number of rotatable bonds is 10. The minimum atomic E-state index is -0.757. The van der Waals surface area contributed by atoms with Crippen LogP contribution in [0.5, 0.6) is 28.7 Å². The summed E-state index contributed by atoms with van der Waals surface area (Å²) >= 11 is 0. The standard InChI is InChI=1S/C29H24O9/c1-18(30)37-26-6-4-3-5-23(26)29(35)38-27-14-10-20(16-28(27)36-2)8-12-22(32)17-21(31)11-7-19-9-13-24(33)25(34)15-19/h3-16,33-34H,17H2,1-2H3/b11-7+,12-8+. The number of carbonyl (C=O) groups is 4. The van der Waals surface area contributed by atoms with Crippen molar-refractivity contribution in [1.29, 1.82) is 0 Å². The number of allylic oxidation sites excluding steroid dienone is 2. The largest absolute Gasteiger partial charge is 0.504 e. The van der Waals surface area contributed by atoms with E-state index in [0.29, 0.717) is 11.1 Å². The van der Waals surface area contributed by atoms with Crippen molar-refractivity contribution in [3.05, 3.63) is 89.5 Å². The lowest BCUT2D eigenvalue weighted by molar-refractivity contribution is -0.132. The Morgan fingerprint density at radius 1 is 0.737 bits per heavy atom. The average Bonchev–Trinajstić information content (AvgIpc) is 2.88. The molecule has 0 radical (unpaired) electrons. The molecule has 3 rings (SSSR count). The highest BCUT2D eigenvalue weighted by molar-refractivity contribution is 6.10. The lowest BCUT2D eigenvalue weighted by atomic mass is 10.1. The van der Waals surface area contributed by atoms with Crippen molar-refractivity contribution in [2.24, 2.45) is 0 Å². The maximum Gasteiger partial charge on any atom is 0.347 e. The molecule has 0 bridgehead atoms. The van der Waals surface area contributed by atoms with Gasteiger partial charge < -0.3 is 24.4 Å². The molecule has 0 saturated heterocycles. The molecular formula is C29H24O9. The van der Waals surface area contributed by atoms with Gasteiger partial charge in [-0.25, -0.2) is 4.79 Å². The van der Waals surface area contributed by atoms with Gasteiger partial charge in [0.25, 0.3) is 0 Å². The zero-order valence-corrected chi connectivity index (χ0v) is 20.5. The van der Waals surface area contributed by atoms with Gasteiger partial charge in [-0.15, -0.1) is 0 Å². The van der Waals surface area contributed by atoms with Crippen LogP contribution in [-0.2, 0) is 14.4 Å². The van der Waals surface area contributed by atoms with E-state index in [2.05, 4.69) is 0 Å². The van der Waals surface area contributed by atoms with E-state index in [1.54, 1.807) is 24.3 Å². The monoisotopic (exact) mass is 516 g/mol. The number of para-hydroxylation sites is 1. The van der Waals surface area contributed by atoms with Gasteiger partial charge in [-0.1, -0.05) is 36.4 Å². The molecule has 0 atom stereocenters. The topological polar surface area (TPSA) is 136 Å². The van der Waals surface area contributed by atoms with E-state index in [1.165, 1.54) is 74.7 Å². The number of aromatic hydroxyl groups is 2. The summed E-state index contributed by atoms with van der Waals surface area (Å²) in [5.41, 5.74) is 1.09. The molecule has 0 fully saturated rings. The van der Waals surface area contributed by atoms with Crippen LogP contribution in [0.15, 0.2) is 72.8 Å². The van der Waals surface area contributed by atoms with Crippen molar-refractivity contribution in [3.63, 3.8) is 0 Å². The van der Waals surface area contributed by atoms with Gasteiger partial charge in [0, 0.05) is 6.92 Å². The van der Waals surface area contributed by atoms with Crippen molar-refractivity contribution >= 4 is 35.7 Å². The zero-order chi connectivity index (χ0) is 27.7. The highest BCUT2D eigenvalue weighted by Crippen LogP contribution is 2.30. The molecule has 0 aliphatic heterocycles. The molecule has 0 spiro atoms. The number of esters is 2. The fourth-order valence-electron chi connectivity index (χ4n) is 3.22. The Morgan fingerprint density at radius 3 is 2.00 bits per heavy atom. The summed E-state index contributed by atoms with van der Waals surface area (Å²) in [5.74, 6) is -2.42. The number of carbonyl (C=O) groups excluding carboxylic acids is 4. The molecule has 38 heavy (non-hydrogen) atoms. The molecule has 0 aliphatic rings. The second kappa shape index (κ2) is 12.7. The second-order valence-electron chi connectivity index (χ2n) is 7.91. The van der Waals surface area contributed by atoms with Gasteiger partial charge in [-0.2, -0.15) is 0 Å². The first-order valence-corrected chi connectivity index (χ1v) is 11.3. The van der Waals surface area contributed by atoms with Gasteiger partial charge in [-0.05, 0) is 59.7 Å². The van der Waals surface area contributed by atoms with Gasteiger partial charge in [0.1, 0.15) is 11.3 Å². The Morgan fingerprint density at radius 2 is 1.37 bits per heavy atom. The van der Waals surface area contributed by atoms with Crippen LogP contribution in [0.25, 0.3) is 12.2 Å². The first-order valence-electron chi connectivity index (χ1n) is 11.3. The Bertz CT molecular complexity index is 1430. The third kappa shape index (κ3) is 7.66. The van der Waals surface area contributed by atoms with Crippen LogP contribution < -0.4 is 14.2 Å². The van der Waals surface area contributed by atoms with E-state index in [4.69, 9.17) is 14.2 Å². The van der Waals surface area contributed by atoms with Crippen LogP contribution in [0.4, 0.5) is 0 Å². The second-order valence-corrected chi connectivity index (χ2v) is 7.91. The first-order chi connectivity index (χ1) is 18.2. The highest BCUT2D eigenvalue weighted by atomic mass is 16.6. The van der Waals surface area contributed by atoms with E-state index in [-0.39, 0.29) is 40.7 Å². The number of methoxy groups -OCH3 is 1. The Hall–Kier alpha value is -5.18. The van der Waals surface area contributed by atoms with E-state index < -0.39 is 23.5 Å². The lowest BCUT2D eigenvalue weighted by Gasteiger charge is -2.12. The van der Waals surface area contributed by atoms with Crippen molar-refractivity contribution < 1.29 is 43.6 Å². The predicted molar refractivity (Wildman–Crippen MR) is 138 cm³/mol. The highest BCUT2D eigenvalue weighted by Gasteiger charge is 2.18. The third-order valence-corrected chi connectivity index (χ3v) is 5.02. The van der Waals surface area contributed by atoms with E-state index in [1.807, 2.05) is 0 Å². The van der Waals surface area contributed by atoms with E-state index in [0.717, 1.165) is 0 Å². The van der Waals surface area contributed by atoms with Crippen LogP contribution in [-0.4, -0.2) is 40.8 Å². The molecule has 0 heterocycles. The number of ether oxygens (including phenoxy) is 3. The van der Waals surface area contributed by atoms with Gasteiger partial charge >= 0.3 is 11.9 Å². The fourth-order valence-corrected chi connectivity index (χ4v) is 3.22. The van der Waals surface area contributed by atoms with Crippen LogP contribution in [0.2, 0.25) is 0 Å². The molecule has 0 aliphatic carbocycles. The van der Waals surface area contributed by atoms with Gasteiger partial charge in [0.05, 0.1) is 13.5 Å². The Kier molecular flexibility index (Phi) is 9.15. The summed E-state index contributed by atoms with van der Waals surface area (Å²) in [6.45, 7) is 1.22. The van der Waals surface area contributed by atoms with E-state index in [9.17, 15) is 29.4 Å². The molecule has 0 unspecified atom stereocenters. The minimum absolute atomic E-state index is 0.0558. The normalized spacial score (nSPS) is 10.9. The summed E-state index contributed by atoms with van der Waals surface area (Å²) in [5, 5.41) is 18.8. The molecule has 0 aromatic heterocycles. The summed E-state index contributed by atoms with van der Waals surface area (Å²) < 4.78 is 15.8. The number of hydrogen-bond acceptors (Lipinski definition) is 9. The van der Waals surface area contributed by atoms with Gasteiger partial charge in [0.2, 0.25) is 0 Å². The Labute approximate surface area is 218 Å². The molecule has 3 aromatic rings. The van der Waals surface area contributed by atoms with Crippen molar-refractivity contribution in [2.45, 2.75) is 13.3 Å².